The smallest absolute Gasteiger partial charge is 0.175 e. The van der Waals surface area contributed by atoms with E-state index in [4.69, 9.17) is 0 Å². The van der Waals surface area contributed by atoms with Crippen LogP contribution in [0.4, 0.5) is 0 Å². The Hall–Kier alpha value is -2.20. The number of pyridine rings is 1. The number of benzene rings is 1. The number of rotatable bonds is 3. The minimum atomic E-state index is -3.18. The first-order valence-electron chi connectivity index (χ1n) is 8.64. The van der Waals surface area contributed by atoms with E-state index in [9.17, 15) is 8.42 Å². The van der Waals surface area contributed by atoms with Crippen LogP contribution in [0.25, 0.3) is 11.1 Å². The fourth-order valence-electron chi connectivity index (χ4n) is 3.98. The molecule has 3 nitrogen and oxygen atoms in total. The molecule has 0 N–H and O–H groups in total. The van der Waals surface area contributed by atoms with Crippen molar-refractivity contribution < 1.29 is 8.42 Å². The van der Waals surface area contributed by atoms with Gasteiger partial charge in [0.15, 0.2) is 9.84 Å². The summed E-state index contributed by atoms with van der Waals surface area (Å²) in [6.07, 6.45) is 14.6. The van der Waals surface area contributed by atoms with Gasteiger partial charge in [-0.25, -0.2) is 8.42 Å². The van der Waals surface area contributed by atoms with Crippen LogP contribution in [-0.2, 0) is 9.84 Å². The molecule has 0 atom stereocenters. The van der Waals surface area contributed by atoms with Crippen LogP contribution in [0.15, 0.2) is 65.8 Å². The molecule has 0 radical (unpaired) electrons. The van der Waals surface area contributed by atoms with E-state index in [0.29, 0.717) is 4.90 Å². The van der Waals surface area contributed by atoms with Gasteiger partial charge in [0.25, 0.3) is 0 Å². The topological polar surface area (TPSA) is 47.0 Å². The van der Waals surface area contributed by atoms with Gasteiger partial charge in [0.05, 0.1) is 4.90 Å². The Balaban J connectivity index is 1.80. The van der Waals surface area contributed by atoms with E-state index in [1.165, 1.54) is 43.1 Å². The second kappa shape index (κ2) is 5.95. The lowest BCUT2D eigenvalue weighted by Gasteiger charge is -2.16. The quantitative estimate of drug-likeness (QED) is 0.816. The lowest BCUT2D eigenvalue weighted by molar-refractivity contribution is 0.523. The van der Waals surface area contributed by atoms with Gasteiger partial charge in [-0.15, -0.1) is 0 Å². The van der Waals surface area contributed by atoms with E-state index in [2.05, 4.69) is 23.2 Å². The molecule has 0 aliphatic heterocycles. The molecule has 1 aromatic heterocycles. The van der Waals surface area contributed by atoms with Gasteiger partial charge in [-0.05, 0) is 47.8 Å². The number of allylic oxidation sites excluding steroid dienone is 4. The van der Waals surface area contributed by atoms with Gasteiger partial charge in [0, 0.05) is 29.6 Å². The lowest BCUT2D eigenvalue weighted by atomic mass is 9.88. The number of hydrogen-bond acceptors (Lipinski definition) is 3. The first-order valence-corrected chi connectivity index (χ1v) is 10.5. The molecule has 0 saturated heterocycles. The Bertz CT molecular complexity index is 949. The molecule has 1 spiro atoms. The van der Waals surface area contributed by atoms with Crippen LogP contribution in [0, 0.1) is 5.41 Å². The van der Waals surface area contributed by atoms with Crippen molar-refractivity contribution in [1.29, 1.82) is 0 Å². The van der Waals surface area contributed by atoms with E-state index in [1.807, 2.05) is 24.4 Å². The van der Waals surface area contributed by atoms with Gasteiger partial charge < -0.3 is 0 Å². The zero-order valence-corrected chi connectivity index (χ0v) is 15.1. The largest absolute Gasteiger partial charge is 0.264 e. The summed E-state index contributed by atoms with van der Waals surface area (Å²) < 4.78 is 23.4. The average molecular weight is 351 g/mol. The van der Waals surface area contributed by atoms with Gasteiger partial charge in [-0.3, -0.25) is 4.98 Å². The highest BCUT2D eigenvalue weighted by Gasteiger charge is 2.35. The minimum absolute atomic E-state index is 0.149. The van der Waals surface area contributed by atoms with E-state index in [0.717, 1.165) is 11.1 Å². The van der Waals surface area contributed by atoms with Crippen LogP contribution in [-0.4, -0.2) is 19.7 Å². The highest BCUT2D eigenvalue weighted by Crippen LogP contribution is 2.51. The van der Waals surface area contributed by atoms with Crippen LogP contribution in [0.3, 0.4) is 0 Å². The van der Waals surface area contributed by atoms with Crippen LogP contribution in [0.1, 0.15) is 36.8 Å². The van der Waals surface area contributed by atoms with E-state index >= 15 is 0 Å². The van der Waals surface area contributed by atoms with Crippen LogP contribution >= 0.6 is 0 Å². The summed E-state index contributed by atoms with van der Waals surface area (Å²) in [5.41, 5.74) is 4.73. The standard InChI is InChI=1S/C21H21NO2S/c1-25(23,24)18-8-6-16(7-9-18)19-13-21(10-2-3-11-21)14-20(19)17-5-4-12-22-15-17/h4-9,12-15H,2-3,10-11H2,1H3. The SMILES string of the molecule is CS(=O)(=O)c1ccc(C2=CC3(C=C2c2cccnc2)CCCC3)cc1. The van der Waals surface area contributed by atoms with Crippen LogP contribution < -0.4 is 0 Å². The highest BCUT2D eigenvalue weighted by molar-refractivity contribution is 7.90. The van der Waals surface area contributed by atoms with Crippen LogP contribution in [0.2, 0.25) is 0 Å². The van der Waals surface area contributed by atoms with E-state index in [-0.39, 0.29) is 5.41 Å². The summed E-state index contributed by atoms with van der Waals surface area (Å²) in [7, 11) is -3.18. The van der Waals surface area contributed by atoms with Crippen molar-refractivity contribution in [1.82, 2.24) is 4.98 Å². The number of hydrogen-bond donors (Lipinski definition) is 0. The van der Waals surface area contributed by atoms with Crippen molar-refractivity contribution in [3.05, 3.63) is 72.1 Å². The summed E-state index contributed by atoms with van der Waals surface area (Å²) in [5, 5.41) is 0. The molecule has 4 rings (SSSR count). The minimum Gasteiger partial charge on any atom is -0.264 e. The molecule has 4 heteroatoms. The molecule has 2 aliphatic carbocycles. The molecular formula is C21H21NO2S. The van der Waals surface area contributed by atoms with Crippen molar-refractivity contribution in [2.75, 3.05) is 6.26 Å². The Morgan fingerprint density at radius 2 is 1.56 bits per heavy atom. The van der Waals surface area contributed by atoms with Crippen molar-refractivity contribution in [2.24, 2.45) is 5.41 Å². The third-order valence-corrected chi connectivity index (χ3v) is 6.38. The third-order valence-electron chi connectivity index (χ3n) is 5.25. The molecule has 1 fully saturated rings. The molecular weight excluding hydrogens is 330 g/mol. The maximum atomic E-state index is 11.7. The predicted molar refractivity (Wildman–Crippen MR) is 101 cm³/mol. The number of sulfone groups is 1. The number of aromatic nitrogens is 1. The molecule has 1 saturated carbocycles. The van der Waals surface area contributed by atoms with Crippen LogP contribution in [0.5, 0.6) is 0 Å². The third kappa shape index (κ3) is 3.07. The zero-order valence-electron chi connectivity index (χ0n) is 14.3. The lowest BCUT2D eigenvalue weighted by Crippen LogP contribution is -2.05. The van der Waals surface area contributed by atoms with Gasteiger partial charge >= 0.3 is 0 Å². The highest BCUT2D eigenvalue weighted by atomic mass is 32.2. The molecule has 2 aliphatic rings. The van der Waals surface area contributed by atoms with Gasteiger partial charge in [-0.2, -0.15) is 0 Å². The van der Waals surface area contributed by atoms with Gasteiger partial charge in [0.1, 0.15) is 0 Å². The summed E-state index contributed by atoms with van der Waals surface area (Å²) in [6, 6.07) is 11.3. The fourth-order valence-corrected chi connectivity index (χ4v) is 4.61. The van der Waals surface area contributed by atoms with Crippen molar-refractivity contribution in [3.63, 3.8) is 0 Å². The Morgan fingerprint density at radius 1 is 0.920 bits per heavy atom. The first-order chi connectivity index (χ1) is 12.0. The summed E-state index contributed by atoms with van der Waals surface area (Å²) in [5.74, 6) is 0. The molecule has 128 valence electrons. The van der Waals surface area contributed by atoms with Crippen molar-refractivity contribution in [2.45, 2.75) is 30.6 Å². The van der Waals surface area contributed by atoms with E-state index in [1.54, 1.807) is 18.3 Å². The van der Waals surface area contributed by atoms with Crippen molar-refractivity contribution >= 4 is 21.0 Å². The molecule has 0 bridgehead atoms. The molecule has 1 aromatic carbocycles. The monoisotopic (exact) mass is 351 g/mol. The fraction of sp³-hybridized carbons (Fsp3) is 0.286. The Kier molecular flexibility index (Phi) is 3.88. The summed E-state index contributed by atoms with van der Waals surface area (Å²) in [6.45, 7) is 0. The summed E-state index contributed by atoms with van der Waals surface area (Å²) in [4.78, 5) is 4.63. The van der Waals surface area contributed by atoms with Gasteiger partial charge in [0.2, 0.25) is 0 Å². The average Bonchev–Trinajstić information content (AvgIpc) is 3.23. The van der Waals surface area contributed by atoms with Gasteiger partial charge in [-0.1, -0.05) is 43.2 Å². The second-order valence-electron chi connectivity index (χ2n) is 7.09. The molecule has 2 aromatic rings. The Morgan fingerprint density at radius 3 is 2.12 bits per heavy atom. The maximum Gasteiger partial charge on any atom is 0.175 e. The zero-order chi connectivity index (χ0) is 17.5. The Labute approximate surface area is 149 Å². The molecule has 25 heavy (non-hydrogen) atoms. The first kappa shape index (κ1) is 16.3. The summed E-state index contributed by atoms with van der Waals surface area (Å²) >= 11 is 0. The molecule has 0 amide bonds. The predicted octanol–water partition coefficient (Wildman–Crippen LogP) is 4.53. The van der Waals surface area contributed by atoms with E-state index < -0.39 is 9.84 Å². The molecule has 0 unspecified atom stereocenters. The van der Waals surface area contributed by atoms with Crippen molar-refractivity contribution in [3.8, 4) is 0 Å². The maximum absolute atomic E-state index is 11.7. The second-order valence-corrected chi connectivity index (χ2v) is 9.11. The number of nitrogens with zero attached hydrogens (tertiary/aromatic N) is 1. The molecule has 1 heterocycles. The normalized spacial score (nSPS) is 19.1.